The van der Waals surface area contributed by atoms with Gasteiger partial charge in [-0.15, -0.1) is 11.3 Å². The van der Waals surface area contributed by atoms with Crippen molar-refractivity contribution in [3.8, 4) is 0 Å². The van der Waals surface area contributed by atoms with Gasteiger partial charge in [0.1, 0.15) is 0 Å². The Labute approximate surface area is 135 Å². The van der Waals surface area contributed by atoms with E-state index in [0.29, 0.717) is 13.0 Å². The van der Waals surface area contributed by atoms with Gasteiger partial charge in [-0.1, -0.05) is 31.2 Å². The molecule has 0 spiro atoms. The summed E-state index contributed by atoms with van der Waals surface area (Å²) in [6.45, 7) is 2.69. The molecule has 22 heavy (non-hydrogen) atoms. The summed E-state index contributed by atoms with van der Waals surface area (Å²) in [5.74, 6) is 0.215. The number of nitrogens with zero attached hydrogens (tertiary/aromatic N) is 2. The molecule has 116 valence electrons. The Kier molecular flexibility index (Phi) is 4.16. The van der Waals surface area contributed by atoms with E-state index in [-0.39, 0.29) is 11.8 Å². The van der Waals surface area contributed by atoms with Crippen LogP contribution in [-0.4, -0.2) is 25.0 Å². The molecule has 0 radical (unpaired) electrons. The average Bonchev–Trinajstić information content (AvgIpc) is 2.88. The van der Waals surface area contributed by atoms with E-state index in [1.165, 1.54) is 16.0 Å². The summed E-state index contributed by atoms with van der Waals surface area (Å²) in [7, 11) is 4.01. The number of fused-ring (bicyclic) bond motifs is 1. The lowest BCUT2D eigenvalue weighted by molar-refractivity contribution is -0.121. The largest absolute Gasteiger partial charge is 0.354 e. The number of hydrogen-bond acceptors (Lipinski definition) is 4. The maximum Gasteiger partial charge on any atom is 0.221 e. The van der Waals surface area contributed by atoms with E-state index in [2.05, 4.69) is 36.5 Å². The highest BCUT2D eigenvalue weighted by atomic mass is 32.1. The fourth-order valence-corrected chi connectivity index (χ4v) is 4.04. The molecule has 1 amide bonds. The Morgan fingerprint density at radius 3 is 2.86 bits per heavy atom. The maximum absolute atomic E-state index is 12.1. The van der Waals surface area contributed by atoms with E-state index in [9.17, 15) is 4.79 Å². The van der Waals surface area contributed by atoms with Gasteiger partial charge < -0.3 is 10.2 Å². The van der Waals surface area contributed by atoms with Crippen LogP contribution >= 0.6 is 11.3 Å². The van der Waals surface area contributed by atoms with Gasteiger partial charge in [0.2, 0.25) is 5.91 Å². The molecule has 2 heterocycles. The van der Waals surface area contributed by atoms with Gasteiger partial charge >= 0.3 is 0 Å². The van der Waals surface area contributed by atoms with Crippen molar-refractivity contribution in [2.75, 3.05) is 19.0 Å². The highest BCUT2D eigenvalue weighted by Gasteiger charge is 2.29. The Morgan fingerprint density at radius 2 is 2.14 bits per heavy atom. The van der Waals surface area contributed by atoms with Crippen LogP contribution in [-0.2, 0) is 17.8 Å². The Balaban J connectivity index is 2.11. The molecule has 0 saturated carbocycles. The zero-order valence-electron chi connectivity index (χ0n) is 13.2. The Hall–Kier alpha value is -1.88. The van der Waals surface area contributed by atoms with Crippen LogP contribution in [0.2, 0.25) is 0 Å². The summed E-state index contributed by atoms with van der Waals surface area (Å²) < 4.78 is 0. The first-order chi connectivity index (χ1) is 10.6. The van der Waals surface area contributed by atoms with E-state index in [4.69, 9.17) is 4.98 Å². The molecule has 2 aromatic rings. The number of rotatable bonds is 3. The third-order valence-corrected chi connectivity index (χ3v) is 5.45. The molecule has 5 heteroatoms. The number of aryl methyl sites for hydroxylation is 1. The molecule has 0 fully saturated rings. The fraction of sp³-hybridized carbons (Fsp3) is 0.412. The Morgan fingerprint density at radius 1 is 1.36 bits per heavy atom. The predicted octanol–water partition coefficient (Wildman–Crippen LogP) is 2.92. The molecule has 1 aliphatic heterocycles. The molecule has 0 unspecified atom stereocenters. The van der Waals surface area contributed by atoms with E-state index in [1.54, 1.807) is 11.3 Å². The number of anilines is 1. The van der Waals surface area contributed by atoms with E-state index in [0.717, 1.165) is 17.2 Å². The SMILES string of the molecule is CCc1ccccc1[C@@H]1CC(=O)NCc2nc(N(C)C)sc21. The van der Waals surface area contributed by atoms with Crippen LogP contribution in [0.15, 0.2) is 24.3 Å². The number of carbonyl (C=O) groups excluding carboxylic acids is 1. The van der Waals surface area contributed by atoms with Crippen molar-refractivity contribution in [2.24, 2.45) is 0 Å². The monoisotopic (exact) mass is 315 g/mol. The van der Waals surface area contributed by atoms with Crippen molar-refractivity contribution in [3.63, 3.8) is 0 Å². The molecule has 0 aliphatic carbocycles. The topological polar surface area (TPSA) is 45.2 Å². The summed E-state index contributed by atoms with van der Waals surface area (Å²) in [5, 5.41) is 3.98. The van der Waals surface area contributed by atoms with Gasteiger partial charge in [0.05, 0.1) is 12.2 Å². The highest BCUT2D eigenvalue weighted by molar-refractivity contribution is 7.15. The number of aromatic nitrogens is 1. The van der Waals surface area contributed by atoms with Crippen molar-refractivity contribution in [1.29, 1.82) is 0 Å². The molecule has 0 saturated heterocycles. The van der Waals surface area contributed by atoms with Crippen LogP contribution in [0.4, 0.5) is 5.13 Å². The molecule has 1 N–H and O–H groups in total. The minimum absolute atomic E-state index is 0.104. The molecular weight excluding hydrogens is 294 g/mol. The van der Waals surface area contributed by atoms with Crippen molar-refractivity contribution >= 4 is 22.4 Å². The van der Waals surface area contributed by atoms with Crippen molar-refractivity contribution in [3.05, 3.63) is 46.0 Å². The zero-order valence-corrected chi connectivity index (χ0v) is 14.0. The van der Waals surface area contributed by atoms with Crippen LogP contribution in [0, 0.1) is 0 Å². The lowest BCUT2D eigenvalue weighted by Gasteiger charge is -2.17. The van der Waals surface area contributed by atoms with Gasteiger partial charge in [-0.05, 0) is 17.5 Å². The number of amides is 1. The summed E-state index contributed by atoms with van der Waals surface area (Å²) >= 11 is 1.70. The second-order valence-electron chi connectivity index (χ2n) is 5.79. The second kappa shape index (κ2) is 6.08. The Bertz CT molecular complexity index is 693. The van der Waals surface area contributed by atoms with E-state index in [1.807, 2.05) is 19.0 Å². The summed E-state index contributed by atoms with van der Waals surface area (Å²) in [4.78, 5) is 20.1. The number of nitrogens with one attached hydrogen (secondary N) is 1. The molecule has 1 aromatic carbocycles. The first kappa shape index (κ1) is 15.0. The number of carbonyl (C=O) groups is 1. The second-order valence-corrected chi connectivity index (χ2v) is 6.80. The van der Waals surface area contributed by atoms with Crippen LogP contribution in [0.5, 0.6) is 0 Å². The minimum Gasteiger partial charge on any atom is -0.354 e. The van der Waals surface area contributed by atoms with Crippen LogP contribution in [0.3, 0.4) is 0 Å². The standard InChI is InChI=1S/C17H21N3OS/c1-4-11-7-5-6-8-12(11)13-9-15(21)18-10-14-16(13)22-17(19-14)20(2)3/h5-8,13H,4,9-10H2,1-3H3,(H,18,21)/t13-/m0/s1. The highest BCUT2D eigenvalue weighted by Crippen LogP contribution is 2.39. The van der Waals surface area contributed by atoms with Crippen LogP contribution in [0.1, 0.15) is 41.0 Å². The number of hydrogen-bond donors (Lipinski definition) is 1. The van der Waals surface area contributed by atoms with Gasteiger partial charge in [-0.2, -0.15) is 0 Å². The van der Waals surface area contributed by atoms with Gasteiger partial charge in [0.25, 0.3) is 0 Å². The summed E-state index contributed by atoms with van der Waals surface area (Å²) in [5.41, 5.74) is 3.58. The predicted molar refractivity (Wildman–Crippen MR) is 90.6 cm³/mol. The van der Waals surface area contributed by atoms with Gasteiger partial charge in [-0.25, -0.2) is 4.98 Å². The normalized spacial score (nSPS) is 17.6. The number of benzene rings is 1. The first-order valence-electron chi connectivity index (χ1n) is 7.61. The molecule has 1 aromatic heterocycles. The third-order valence-electron chi connectivity index (χ3n) is 4.07. The third kappa shape index (κ3) is 2.73. The molecular formula is C17H21N3OS. The summed E-state index contributed by atoms with van der Waals surface area (Å²) in [6.07, 6.45) is 1.47. The quantitative estimate of drug-likeness (QED) is 0.947. The fourth-order valence-electron chi connectivity index (χ4n) is 2.92. The van der Waals surface area contributed by atoms with E-state index >= 15 is 0 Å². The van der Waals surface area contributed by atoms with Crippen molar-refractivity contribution in [2.45, 2.75) is 32.2 Å². The number of thiazole rings is 1. The van der Waals surface area contributed by atoms with Crippen molar-refractivity contribution < 1.29 is 4.79 Å². The maximum atomic E-state index is 12.1. The zero-order chi connectivity index (χ0) is 15.7. The summed E-state index contributed by atoms with van der Waals surface area (Å²) in [6, 6.07) is 8.44. The molecule has 0 bridgehead atoms. The average molecular weight is 315 g/mol. The molecule has 1 atom stereocenters. The van der Waals surface area contributed by atoms with Crippen molar-refractivity contribution in [1.82, 2.24) is 10.3 Å². The van der Waals surface area contributed by atoms with Crippen LogP contribution in [0.25, 0.3) is 0 Å². The minimum atomic E-state index is 0.104. The smallest absolute Gasteiger partial charge is 0.221 e. The van der Waals surface area contributed by atoms with Gasteiger partial charge in [0.15, 0.2) is 5.13 Å². The molecule has 3 rings (SSSR count). The first-order valence-corrected chi connectivity index (χ1v) is 8.43. The van der Waals surface area contributed by atoms with Gasteiger partial charge in [0, 0.05) is 31.3 Å². The van der Waals surface area contributed by atoms with Crippen LogP contribution < -0.4 is 10.2 Å². The molecule has 1 aliphatic rings. The lowest BCUT2D eigenvalue weighted by Crippen LogP contribution is -2.21. The van der Waals surface area contributed by atoms with Gasteiger partial charge in [-0.3, -0.25) is 4.79 Å². The van der Waals surface area contributed by atoms with E-state index < -0.39 is 0 Å². The lowest BCUT2D eigenvalue weighted by atomic mass is 9.89. The molecule has 4 nitrogen and oxygen atoms in total.